The zero-order valence-electron chi connectivity index (χ0n) is 10.1. The average molecular weight is 223 g/mol. The summed E-state index contributed by atoms with van der Waals surface area (Å²) < 4.78 is 10.8. The van der Waals surface area contributed by atoms with Crippen LogP contribution < -0.4 is 5.32 Å². The molecule has 16 heavy (non-hydrogen) atoms. The van der Waals surface area contributed by atoms with Gasteiger partial charge in [-0.25, -0.2) is 0 Å². The SMILES string of the molecule is CCNC(COC)COCc1ccccc1. The Balaban J connectivity index is 2.22. The summed E-state index contributed by atoms with van der Waals surface area (Å²) in [7, 11) is 1.71. The molecule has 1 rings (SSSR count). The maximum Gasteiger partial charge on any atom is 0.0717 e. The molecule has 0 saturated carbocycles. The van der Waals surface area contributed by atoms with Crippen LogP contribution in [0.1, 0.15) is 12.5 Å². The van der Waals surface area contributed by atoms with Gasteiger partial charge in [0.15, 0.2) is 0 Å². The molecule has 0 heterocycles. The predicted molar refractivity (Wildman–Crippen MR) is 65.4 cm³/mol. The molecular weight excluding hydrogens is 202 g/mol. The Kier molecular flexibility index (Phi) is 6.81. The van der Waals surface area contributed by atoms with Crippen molar-refractivity contribution in [1.82, 2.24) is 5.32 Å². The third kappa shape index (κ3) is 5.26. The lowest BCUT2D eigenvalue weighted by Crippen LogP contribution is -2.37. The van der Waals surface area contributed by atoms with Gasteiger partial charge in [0.2, 0.25) is 0 Å². The van der Waals surface area contributed by atoms with E-state index in [2.05, 4.69) is 24.4 Å². The quantitative estimate of drug-likeness (QED) is 0.729. The summed E-state index contributed by atoms with van der Waals surface area (Å²) in [5.41, 5.74) is 1.20. The first-order valence-electron chi connectivity index (χ1n) is 5.70. The third-order valence-corrected chi connectivity index (χ3v) is 2.29. The third-order valence-electron chi connectivity index (χ3n) is 2.29. The van der Waals surface area contributed by atoms with E-state index in [0.717, 1.165) is 6.54 Å². The summed E-state index contributed by atoms with van der Waals surface area (Å²) in [4.78, 5) is 0. The van der Waals surface area contributed by atoms with Crippen LogP contribution in [-0.2, 0) is 16.1 Å². The Bertz CT molecular complexity index is 258. The minimum Gasteiger partial charge on any atom is -0.383 e. The van der Waals surface area contributed by atoms with Gasteiger partial charge in [0.25, 0.3) is 0 Å². The van der Waals surface area contributed by atoms with Gasteiger partial charge in [0.1, 0.15) is 0 Å². The number of rotatable bonds is 8. The molecular formula is C13H21NO2. The lowest BCUT2D eigenvalue weighted by atomic mass is 10.2. The molecule has 1 aromatic carbocycles. The van der Waals surface area contributed by atoms with Gasteiger partial charge in [-0.3, -0.25) is 0 Å². The van der Waals surface area contributed by atoms with E-state index < -0.39 is 0 Å². The topological polar surface area (TPSA) is 30.5 Å². The molecule has 1 N–H and O–H groups in total. The van der Waals surface area contributed by atoms with Crippen LogP contribution >= 0.6 is 0 Å². The summed E-state index contributed by atoms with van der Waals surface area (Å²) in [5.74, 6) is 0. The van der Waals surface area contributed by atoms with E-state index >= 15 is 0 Å². The summed E-state index contributed by atoms with van der Waals surface area (Å²) in [6.45, 7) is 5.04. The van der Waals surface area contributed by atoms with E-state index in [0.29, 0.717) is 19.8 Å². The molecule has 0 bridgehead atoms. The highest BCUT2D eigenvalue weighted by Crippen LogP contribution is 2.01. The number of likely N-dealkylation sites (N-methyl/N-ethyl adjacent to an activating group) is 1. The zero-order valence-corrected chi connectivity index (χ0v) is 10.1. The van der Waals surface area contributed by atoms with Crippen LogP contribution in [0.4, 0.5) is 0 Å². The monoisotopic (exact) mass is 223 g/mol. The second kappa shape index (κ2) is 8.28. The molecule has 0 spiro atoms. The summed E-state index contributed by atoms with van der Waals surface area (Å²) >= 11 is 0. The van der Waals surface area contributed by atoms with Gasteiger partial charge in [-0.05, 0) is 12.1 Å². The minimum atomic E-state index is 0.277. The minimum absolute atomic E-state index is 0.277. The fourth-order valence-corrected chi connectivity index (χ4v) is 1.55. The normalized spacial score (nSPS) is 12.6. The number of ether oxygens (including phenoxy) is 2. The molecule has 90 valence electrons. The van der Waals surface area contributed by atoms with Crippen LogP contribution in [0.3, 0.4) is 0 Å². The van der Waals surface area contributed by atoms with E-state index in [-0.39, 0.29) is 6.04 Å². The van der Waals surface area contributed by atoms with Crippen molar-refractivity contribution in [3.63, 3.8) is 0 Å². The van der Waals surface area contributed by atoms with Crippen LogP contribution in [0.25, 0.3) is 0 Å². The van der Waals surface area contributed by atoms with Gasteiger partial charge in [0, 0.05) is 7.11 Å². The Morgan fingerprint density at radius 3 is 2.56 bits per heavy atom. The standard InChI is InChI=1S/C13H21NO2/c1-3-14-13(10-15-2)11-16-9-12-7-5-4-6-8-12/h4-8,13-14H,3,9-11H2,1-2H3. The van der Waals surface area contributed by atoms with Gasteiger partial charge in [-0.1, -0.05) is 37.3 Å². The Hall–Kier alpha value is -0.900. The van der Waals surface area contributed by atoms with Crippen LogP contribution in [0, 0.1) is 0 Å². The summed E-state index contributed by atoms with van der Waals surface area (Å²) in [6.07, 6.45) is 0. The van der Waals surface area contributed by atoms with E-state index in [1.54, 1.807) is 7.11 Å². The maximum absolute atomic E-state index is 5.64. The van der Waals surface area contributed by atoms with Crippen molar-refractivity contribution in [1.29, 1.82) is 0 Å². The molecule has 0 fully saturated rings. The average Bonchev–Trinajstić information content (AvgIpc) is 2.31. The Morgan fingerprint density at radius 1 is 1.19 bits per heavy atom. The van der Waals surface area contributed by atoms with Gasteiger partial charge in [-0.15, -0.1) is 0 Å². The van der Waals surface area contributed by atoms with Crippen molar-refractivity contribution in [3.05, 3.63) is 35.9 Å². The molecule has 3 heteroatoms. The van der Waals surface area contributed by atoms with Crippen molar-refractivity contribution in [3.8, 4) is 0 Å². The first-order chi connectivity index (χ1) is 7.86. The second-order valence-electron chi connectivity index (χ2n) is 3.71. The predicted octanol–water partition coefficient (Wildman–Crippen LogP) is 1.83. The number of nitrogens with one attached hydrogen (secondary N) is 1. The number of hydrogen-bond donors (Lipinski definition) is 1. The van der Waals surface area contributed by atoms with Crippen LogP contribution in [0.2, 0.25) is 0 Å². The highest BCUT2D eigenvalue weighted by atomic mass is 16.5. The lowest BCUT2D eigenvalue weighted by Gasteiger charge is -2.16. The van der Waals surface area contributed by atoms with Crippen LogP contribution in [0.5, 0.6) is 0 Å². The maximum atomic E-state index is 5.64. The van der Waals surface area contributed by atoms with E-state index in [1.165, 1.54) is 5.56 Å². The van der Waals surface area contributed by atoms with E-state index in [9.17, 15) is 0 Å². The van der Waals surface area contributed by atoms with Crippen LogP contribution in [0.15, 0.2) is 30.3 Å². The van der Waals surface area contributed by atoms with E-state index in [4.69, 9.17) is 9.47 Å². The fraction of sp³-hybridized carbons (Fsp3) is 0.538. The first-order valence-corrected chi connectivity index (χ1v) is 5.70. The molecule has 1 aromatic rings. The Morgan fingerprint density at radius 2 is 1.94 bits per heavy atom. The number of benzene rings is 1. The van der Waals surface area contributed by atoms with Gasteiger partial charge < -0.3 is 14.8 Å². The van der Waals surface area contributed by atoms with E-state index in [1.807, 2.05) is 18.2 Å². The van der Waals surface area contributed by atoms with Gasteiger partial charge >= 0.3 is 0 Å². The molecule has 0 amide bonds. The highest BCUT2D eigenvalue weighted by Gasteiger charge is 2.06. The Labute approximate surface area is 97.8 Å². The van der Waals surface area contributed by atoms with Crippen molar-refractivity contribution in [2.75, 3.05) is 26.9 Å². The molecule has 0 aliphatic rings. The fourth-order valence-electron chi connectivity index (χ4n) is 1.55. The molecule has 0 saturated heterocycles. The zero-order chi connectivity index (χ0) is 11.6. The molecule has 0 aliphatic carbocycles. The molecule has 0 aromatic heterocycles. The molecule has 1 atom stereocenters. The molecule has 3 nitrogen and oxygen atoms in total. The summed E-state index contributed by atoms with van der Waals surface area (Å²) in [6, 6.07) is 10.5. The van der Waals surface area contributed by atoms with Crippen molar-refractivity contribution < 1.29 is 9.47 Å². The van der Waals surface area contributed by atoms with Crippen LogP contribution in [-0.4, -0.2) is 32.9 Å². The van der Waals surface area contributed by atoms with Crippen molar-refractivity contribution >= 4 is 0 Å². The van der Waals surface area contributed by atoms with Gasteiger partial charge in [-0.2, -0.15) is 0 Å². The van der Waals surface area contributed by atoms with Gasteiger partial charge in [0.05, 0.1) is 25.9 Å². The first kappa shape index (κ1) is 13.2. The second-order valence-corrected chi connectivity index (χ2v) is 3.71. The molecule has 0 radical (unpaired) electrons. The molecule has 0 aliphatic heterocycles. The smallest absolute Gasteiger partial charge is 0.0717 e. The largest absolute Gasteiger partial charge is 0.383 e. The summed E-state index contributed by atoms with van der Waals surface area (Å²) in [5, 5.41) is 3.32. The van der Waals surface area contributed by atoms with Crippen molar-refractivity contribution in [2.45, 2.75) is 19.6 Å². The number of methoxy groups -OCH3 is 1. The molecule has 1 unspecified atom stereocenters. The number of hydrogen-bond acceptors (Lipinski definition) is 3. The highest BCUT2D eigenvalue weighted by molar-refractivity contribution is 5.13. The van der Waals surface area contributed by atoms with Crippen molar-refractivity contribution in [2.24, 2.45) is 0 Å². The lowest BCUT2D eigenvalue weighted by molar-refractivity contribution is 0.0662.